The first kappa shape index (κ1) is 13.5. The van der Waals surface area contributed by atoms with Gasteiger partial charge >= 0.3 is 12.0 Å². The third-order valence-electron chi connectivity index (χ3n) is 3.33. The van der Waals surface area contributed by atoms with E-state index in [1.807, 2.05) is 11.8 Å². The summed E-state index contributed by atoms with van der Waals surface area (Å²) in [6, 6.07) is -1.29. The number of nitrogens with zero attached hydrogens (tertiary/aromatic N) is 1. The lowest BCUT2D eigenvalue weighted by molar-refractivity contribution is -0.141. The summed E-state index contributed by atoms with van der Waals surface area (Å²) in [5, 5.41) is 21.7. The number of nitrogens with one attached hydrogen (secondary N) is 1. The normalized spacial score (nSPS) is 31.6. The first-order valence-electron chi connectivity index (χ1n) is 6.15. The molecule has 2 heterocycles. The number of aliphatic carboxylic acids is 1. The summed E-state index contributed by atoms with van der Waals surface area (Å²) < 4.78 is 0. The summed E-state index contributed by atoms with van der Waals surface area (Å²) in [4.78, 5) is 24.1. The third kappa shape index (κ3) is 3.08. The molecule has 0 aromatic heterocycles. The summed E-state index contributed by atoms with van der Waals surface area (Å²) in [5.74, 6) is 0.0673. The van der Waals surface area contributed by atoms with Crippen LogP contribution in [0.2, 0.25) is 0 Å². The van der Waals surface area contributed by atoms with Crippen molar-refractivity contribution in [3.8, 4) is 0 Å². The monoisotopic (exact) mass is 274 g/mol. The number of thioether (sulfide) groups is 1. The van der Waals surface area contributed by atoms with E-state index >= 15 is 0 Å². The highest BCUT2D eigenvalue weighted by Crippen LogP contribution is 2.25. The highest BCUT2D eigenvalue weighted by Gasteiger charge is 2.39. The van der Waals surface area contributed by atoms with Gasteiger partial charge in [0.05, 0.1) is 6.10 Å². The van der Waals surface area contributed by atoms with Crippen molar-refractivity contribution in [3.05, 3.63) is 0 Å². The van der Waals surface area contributed by atoms with Crippen molar-refractivity contribution in [1.29, 1.82) is 0 Å². The van der Waals surface area contributed by atoms with Crippen molar-refractivity contribution < 1.29 is 19.8 Å². The number of carboxylic acids is 1. The molecule has 0 spiro atoms. The van der Waals surface area contributed by atoms with E-state index in [1.54, 1.807) is 0 Å². The van der Waals surface area contributed by atoms with Crippen LogP contribution in [0.15, 0.2) is 0 Å². The molecule has 2 saturated heterocycles. The van der Waals surface area contributed by atoms with E-state index in [4.69, 9.17) is 5.11 Å². The fraction of sp³-hybridized carbons (Fsp3) is 0.818. The molecule has 18 heavy (non-hydrogen) atoms. The predicted molar refractivity (Wildman–Crippen MR) is 67.6 cm³/mol. The standard InChI is InChI=1S/C11H18N2O4S/c14-7-4-9(10(15)16)13(6-7)11(17)12-5-8-2-1-3-18-8/h7-9,14H,1-6H2,(H,12,17)(H,15,16)/t7-,8?,9-/m0/s1. The number of likely N-dealkylation sites (tertiary alicyclic amines) is 1. The van der Waals surface area contributed by atoms with E-state index in [0.29, 0.717) is 11.8 Å². The molecule has 0 saturated carbocycles. The molecule has 2 amide bonds. The zero-order valence-electron chi connectivity index (χ0n) is 10.0. The highest BCUT2D eigenvalue weighted by atomic mass is 32.2. The van der Waals surface area contributed by atoms with Gasteiger partial charge in [0, 0.05) is 24.8 Å². The van der Waals surface area contributed by atoms with Crippen molar-refractivity contribution >= 4 is 23.8 Å². The summed E-state index contributed by atoms with van der Waals surface area (Å²) in [6.07, 6.45) is 1.64. The third-order valence-corrected chi connectivity index (χ3v) is 4.73. The molecule has 0 aliphatic carbocycles. The van der Waals surface area contributed by atoms with Gasteiger partial charge in [-0.15, -0.1) is 0 Å². The fourth-order valence-corrected chi connectivity index (χ4v) is 3.58. The average molecular weight is 274 g/mol. The lowest BCUT2D eigenvalue weighted by Gasteiger charge is -2.22. The lowest BCUT2D eigenvalue weighted by Crippen LogP contribution is -2.47. The summed E-state index contributed by atoms with van der Waals surface area (Å²) in [5.41, 5.74) is 0. The van der Waals surface area contributed by atoms with Crippen LogP contribution in [0, 0.1) is 0 Å². The predicted octanol–water partition coefficient (Wildman–Crippen LogP) is 0.111. The van der Waals surface area contributed by atoms with Crippen molar-refractivity contribution in [2.45, 2.75) is 36.7 Å². The molecule has 1 unspecified atom stereocenters. The summed E-state index contributed by atoms with van der Waals surface area (Å²) in [7, 11) is 0. The first-order valence-corrected chi connectivity index (χ1v) is 7.19. The molecule has 3 atom stereocenters. The molecule has 7 heteroatoms. The minimum absolute atomic E-state index is 0.0978. The molecule has 0 aromatic rings. The molecule has 0 bridgehead atoms. The van der Waals surface area contributed by atoms with Gasteiger partial charge in [0.25, 0.3) is 0 Å². The van der Waals surface area contributed by atoms with Crippen molar-refractivity contribution in [3.63, 3.8) is 0 Å². The van der Waals surface area contributed by atoms with E-state index in [0.717, 1.165) is 12.2 Å². The number of carboxylic acid groups (broad SMARTS) is 1. The quantitative estimate of drug-likeness (QED) is 0.679. The second kappa shape index (κ2) is 5.79. The molecule has 2 aliphatic heterocycles. The number of carbonyl (C=O) groups is 2. The Bertz CT molecular complexity index is 333. The van der Waals surface area contributed by atoms with Crippen LogP contribution in [0.5, 0.6) is 0 Å². The molecule has 0 radical (unpaired) electrons. The molecule has 0 aromatic carbocycles. The molecular weight excluding hydrogens is 256 g/mol. The van der Waals surface area contributed by atoms with Gasteiger partial charge in [-0.05, 0) is 18.6 Å². The molecule has 6 nitrogen and oxygen atoms in total. The number of amides is 2. The largest absolute Gasteiger partial charge is 0.480 e. The zero-order chi connectivity index (χ0) is 13.1. The Kier molecular flexibility index (Phi) is 4.34. The van der Waals surface area contributed by atoms with E-state index < -0.39 is 18.1 Å². The van der Waals surface area contributed by atoms with E-state index in [9.17, 15) is 14.7 Å². The second-order valence-corrected chi connectivity index (χ2v) is 6.13. The Balaban J connectivity index is 1.85. The number of hydrogen-bond donors (Lipinski definition) is 3. The van der Waals surface area contributed by atoms with Gasteiger partial charge in [0.2, 0.25) is 0 Å². The van der Waals surface area contributed by atoms with Gasteiger partial charge in [-0.3, -0.25) is 0 Å². The smallest absolute Gasteiger partial charge is 0.326 e. The Labute approximate surface area is 110 Å². The maximum Gasteiger partial charge on any atom is 0.326 e. The number of aliphatic hydroxyl groups excluding tert-OH is 1. The molecule has 3 N–H and O–H groups in total. The Morgan fingerprint density at radius 3 is 2.83 bits per heavy atom. The van der Waals surface area contributed by atoms with Gasteiger partial charge < -0.3 is 20.4 Å². The lowest BCUT2D eigenvalue weighted by atomic mass is 10.2. The van der Waals surface area contributed by atoms with E-state index in [2.05, 4.69) is 5.32 Å². The minimum atomic E-state index is -1.06. The highest BCUT2D eigenvalue weighted by molar-refractivity contribution is 8.00. The van der Waals surface area contributed by atoms with Crippen LogP contribution in [0.1, 0.15) is 19.3 Å². The molecule has 2 aliphatic rings. The van der Waals surface area contributed by atoms with Crippen LogP contribution in [0.25, 0.3) is 0 Å². The topological polar surface area (TPSA) is 89.9 Å². The average Bonchev–Trinajstić information content (AvgIpc) is 2.94. The Morgan fingerprint density at radius 2 is 2.22 bits per heavy atom. The second-order valence-electron chi connectivity index (χ2n) is 4.72. The number of hydrogen-bond acceptors (Lipinski definition) is 4. The number of rotatable bonds is 3. The molecule has 2 rings (SSSR count). The van der Waals surface area contributed by atoms with Crippen LogP contribution in [-0.4, -0.2) is 63.4 Å². The maximum absolute atomic E-state index is 11.9. The maximum atomic E-state index is 11.9. The first-order chi connectivity index (χ1) is 8.58. The van der Waals surface area contributed by atoms with E-state index in [-0.39, 0.29) is 19.0 Å². The van der Waals surface area contributed by atoms with Crippen molar-refractivity contribution in [1.82, 2.24) is 10.2 Å². The summed E-state index contributed by atoms with van der Waals surface area (Å²) >= 11 is 1.84. The van der Waals surface area contributed by atoms with Gasteiger partial charge in [-0.2, -0.15) is 11.8 Å². The number of urea groups is 1. The van der Waals surface area contributed by atoms with Crippen molar-refractivity contribution in [2.75, 3.05) is 18.8 Å². The van der Waals surface area contributed by atoms with Gasteiger partial charge in [-0.25, -0.2) is 9.59 Å². The zero-order valence-corrected chi connectivity index (χ0v) is 10.9. The Hall–Kier alpha value is -0.950. The molecular formula is C11H18N2O4S. The fourth-order valence-electron chi connectivity index (χ4n) is 2.38. The van der Waals surface area contributed by atoms with Crippen LogP contribution in [0.3, 0.4) is 0 Å². The SMILES string of the molecule is O=C(O)[C@@H]1C[C@H](O)CN1C(=O)NCC1CCCS1. The van der Waals surface area contributed by atoms with Crippen LogP contribution >= 0.6 is 11.8 Å². The van der Waals surface area contributed by atoms with Crippen LogP contribution < -0.4 is 5.32 Å². The number of aliphatic hydroxyl groups is 1. The van der Waals surface area contributed by atoms with Crippen LogP contribution in [-0.2, 0) is 4.79 Å². The number of carbonyl (C=O) groups excluding carboxylic acids is 1. The van der Waals surface area contributed by atoms with Gasteiger partial charge in [0.15, 0.2) is 0 Å². The summed E-state index contributed by atoms with van der Waals surface area (Å²) in [6.45, 7) is 0.670. The van der Waals surface area contributed by atoms with Gasteiger partial charge in [-0.1, -0.05) is 0 Å². The van der Waals surface area contributed by atoms with Crippen molar-refractivity contribution in [2.24, 2.45) is 0 Å². The molecule has 2 fully saturated rings. The van der Waals surface area contributed by atoms with E-state index in [1.165, 1.54) is 11.3 Å². The number of β-amino-alcohol motifs (C(OH)–C–C–N with tert-alkyl or cyclic N) is 1. The minimum Gasteiger partial charge on any atom is -0.480 e. The van der Waals surface area contributed by atoms with Gasteiger partial charge in [0.1, 0.15) is 6.04 Å². The van der Waals surface area contributed by atoms with Crippen LogP contribution in [0.4, 0.5) is 4.79 Å². The molecule has 102 valence electrons. The Morgan fingerprint density at radius 1 is 1.44 bits per heavy atom.